The van der Waals surface area contributed by atoms with Gasteiger partial charge in [0, 0.05) is 26.2 Å². The third-order valence-electron chi connectivity index (χ3n) is 2.76. The first-order valence-corrected chi connectivity index (χ1v) is 6.16. The van der Waals surface area contributed by atoms with Crippen LogP contribution in [-0.4, -0.2) is 46.3 Å². The Bertz CT molecular complexity index is 380. The molecular weight excluding hydrogens is 234 g/mol. The number of aromatic nitrogens is 3. The quantitative estimate of drug-likeness (QED) is 0.306. The standard InChI is InChI=1S/C10H19N7O/c11-16-9-13-8(12-4-3-7-18)14-10(15-9)17-5-1-2-6-17/h18H,1-7,11H2,(H2,12,13,14,15,16). The maximum absolute atomic E-state index is 8.74. The summed E-state index contributed by atoms with van der Waals surface area (Å²) in [6.45, 7) is 2.68. The molecule has 0 bridgehead atoms. The number of nitrogens with zero attached hydrogens (tertiary/aromatic N) is 4. The molecule has 1 aliphatic rings. The number of anilines is 3. The highest BCUT2D eigenvalue weighted by Crippen LogP contribution is 2.18. The number of hydrogen-bond acceptors (Lipinski definition) is 8. The Hall–Kier alpha value is -1.67. The average molecular weight is 253 g/mol. The molecule has 100 valence electrons. The first-order chi connectivity index (χ1) is 8.83. The number of nitrogens with one attached hydrogen (secondary N) is 2. The van der Waals surface area contributed by atoms with Gasteiger partial charge in [-0.3, -0.25) is 5.43 Å². The highest BCUT2D eigenvalue weighted by Gasteiger charge is 2.17. The van der Waals surface area contributed by atoms with Crippen molar-refractivity contribution in [3.63, 3.8) is 0 Å². The zero-order chi connectivity index (χ0) is 12.8. The molecule has 5 N–H and O–H groups in total. The van der Waals surface area contributed by atoms with Crippen LogP contribution in [-0.2, 0) is 0 Å². The molecular formula is C10H19N7O. The molecule has 0 radical (unpaired) electrons. The van der Waals surface area contributed by atoms with Crippen LogP contribution < -0.4 is 21.5 Å². The molecule has 0 amide bonds. The highest BCUT2D eigenvalue weighted by molar-refractivity contribution is 5.43. The van der Waals surface area contributed by atoms with Crippen LogP contribution in [0.25, 0.3) is 0 Å². The number of rotatable bonds is 6. The molecule has 1 aromatic heterocycles. The van der Waals surface area contributed by atoms with E-state index in [2.05, 4.69) is 30.6 Å². The Morgan fingerprint density at radius 1 is 1.17 bits per heavy atom. The van der Waals surface area contributed by atoms with Crippen LogP contribution in [0.2, 0.25) is 0 Å². The number of aliphatic hydroxyl groups excluding tert-OH is 1. The van der Waals surface area contributed by atoms with Crippen LogP contribution in [0.5, 0.6) is 0 Å². The Morgan fingerprint density at radius 2 is 1.89 bits per heavy atom. The molecule has 0 unspecified atom stereocenters. The van der Waals surface area contributed by atoms with Crippen LogP contribution >= 0.6 is 0 Å². The zero-order valence-electron chi connectivity index (χ0n) is 10.3. The largest absolute Gasteiger partial charge is 0.396 e. The van der Waals surface area contributed by atoms with Crippen molar-refractivity contribution >= 4 is 17.8 Å². The molecule has 18 heavy (non-hydrogen) atoms. The molecule has 0 atom stereocenters. The summed E-state index contributed by atoms with van der Waals surface area (Å²) in [6, 6.07) is 0. The van der Waals surface area contributed by atoms with Crippen LogP contribution in [0.15, 0.2) is 0 Å². The minimum Gasteiger partial charge on any atom is -0.396 e. The summed E-state index contributed by atoms with van der Waals surface area (Å²) in [5.41, 5.74) is 2.44. The fourth-order valence-electron chi connectivity index (χ4n) is 1.85. The summed E-state index contributed by atoms with van der Waals surface area (Å²) < 4.78 is 0. The summed E-state index contributed by atoms with van der Waals surface area (Å²) in [6.07, 6.45) is 2.96. The predicted molar refractivity (Wildman–Crippen MR) is 69.3 cm³/mol. The lowest BCUT2D eigenvalue weighted by Crippen LogP contribution is -2.23. The molecule has 0 aromatic carbocycles. The molecule has 1 saturated heterocycles. The number of hydrogen-bond donors (Lipinski definition) is 4. The normalized spacial score (nSPS) is 14.9. The van der Waals surface area contributed by atoms with Crippen molar-refractivity contribution in [1.29, 1.82) is 0 Å². The average Bonchev–Trinajstić information content (AvgIpc) is 2.92. The molecule has 2 rings (SSSR count). The van der Waals surface area contributed by atoms with E-state index in [1.54, 1.807) is 0 Å². The van der Waals surface area contributed by atoms with Crippen molar-refractivity contribution < 1.29 is 5.11 Å². The predicted octanol–water partition coefficient (Wildman–Crippen LogP) is -0.448. The lowest BCUT2D eigenvalue weighted by atomic mass is 10.4. The number of hydrazine groups is 1. The van der Waals surface area contributed by atoms with E-state index in [1.165, 1.54) is 0 Å². The van der Waals surface area contributed by atoms with Gasteiger partial charge in [-0.15, -0.1) is 0 Å². The summed E-state index contributed by atoms with van der Waals surface area (Å²) in [5.74, 6) is 6.82. The van der Waals surface area contributed by atoms with Gasteiger partial charge in [0.05, 0.1) is 0 Å². The van der Waals surface area contributed by atoms with Gasteiger partial charge >= 0.3 is 0 Å². The molecule has 8 heteroatoms. The lowest BCUT2D eigenvalue weighted by Gasteiger charge is -2.16. The van der Waals surface area contributed by atoms with Crippen molar-refractivity contribution in [2.75, 3.05) is 41.9 Å². The van der Waals surface area contributed by atoms with E-state index in [0.29, 0.717) is 30.8 Å². The second kappa shape index (κ2) is 6.31. The maximum atomic E-state index is 8.74. The third-order valence-corrected chi connectivity index (χ3v) is 2.76. The molecule has 2 heterocycles. The monoisotopic (exact) mass is 253 g/mol. The summed E-state index contributed by atoms with van der Waals surface area (Å²) in [5, 5.41) is 11.8. The fourth-order valence-corrected chi connectivity index (χ4v) is 1.85. The smallest absolute Gasteiger partial charge is 0.243 e. The topological polar surface area (TPSA) is 112 Å². The van der Waals surface area contributed by atoms with E-state index in [1.807, 2.05) is 0 Å². The number of nitrogen functional groups attached to an aromatic ring is 1. The van der Waals surface area contributed by atoms with Crippen molar-refractivity contribution in [2.45, 2.75) is 19.3 Å². The molecule has 0 spiro atoms. The van der Waals surface area contributed by atoms with Crippen molar-refractivity contribution in [3.8, 4) is 0 Å². The number of aliphatic hydroxyl groups is 1. The van der Waals surface area contributed by atoms with E-state index in [-0.39, 0.29) is 6.61 Å². The van der Waals surface area contributed by atoms with Crippen LogP contribution in [0.4, 0.5) is 17.8 Å². The van der Waals surface area contributed by atoms with E-state index in [9.17, 15) is 0 Å². The van der Waals surface area contributed by atoms with E-state index < -0.39 is 0 Å². The minimum absolute atomic E-state index is 0.138. The van der Waals surface area contributed by atoms with E-state index >= 15 is 0 Å². The lowest BCUT2D eigenvalue weighted by molar-refractivity contribution is 0.292. The summed E-state index contributed by atoms with van der Waals surface area (Å²) >= 11 is 0. The Labute approximate surface area is 106 Å². The van der Waals surface area contributed by atoms with Crippen LogP contribution in [0.1, 0.15) is 19.3 Å². The second-order valence-electron chi connectivity index (χ2n) is 4.13. The summed E-state index contributed by atoms with van der Waals surface area (Å²) in [4.78, 5) is 14.8. The Balaban J connectivity index is 2.10. The minimum atomic E-state index is 0.138. The van der Waals surface area contributed by atoms with Crippen molar-refractivity contribution in [2.24, 2.45) is 5.84 Å². The van der Waals surface area contributed by atoms with Gasteiger partial charge in [-0.1, -0.05) is 0 Å². The summed E-state index contributed by atoms with van der Waals surface area (Å²) in [7, 11) is 0. The molecule has 1 fully saturated rings. The van der Waals surface area contributed by atoms with Gasteiger partial charge in [0.1, 0.15) is 0 Å². The van der Waals surface area contributed by atoms with Gasteiger partial charge in [0.2, 0.25) is 17.8 Å². The second-order valence-corrected chi connectivity index (χ2v) is 4.13. The van der Waals surface area contributed by atoms with Gasteiger partial charge in [-0.2, -0.15) is 15.0 Å². The Kier molecular flexibility index (Phi) is 4.48. The van der Waals surface area contributed by atoms with Crippen molar-refractivity contribution in [1.82, 2.24) is 15.0 Å². The molecule has 0 saturated carbocycles. The first kappa shape index (κ1) is 12.8. The number of nitrogens with two attached hydrogens (primary N) is 1. The molecule has 1 aromatic rings. The van der Waals surface area contributed by atoms with Crippen molar-refractivity contribution in [3.05, 3.63) is 0 Å². The highest BCUT2D eigenvalue weighted by atomic mass is 16.3. The van der Waals surface area contributed by atoms with Gasteiger partial charge in [0.15, 0.2) is 0 Å². The van der Waals surface area contributed by atoms with E-state index in [4.69, 9.17) is 10.9 Å². The van der Waals surface area contributed by atoms with Gasteiger partial charge < -0.3 is 15.3 Å². The van der Waals surface area contributed by atoms with Gasteiger partial charge in [-0.05, 0) is 19.3 Å². The van der Waals surface area contributed by atoms with Gasteiger partial charge in [-0.25, -0.2) is 5.84 Å². The first-order valence-electron chi connectivity index (χ1n) is 6.16. The fraction of sp³-hybridized carbons (Fsp3) is 0.700. The Morgan fingerprint density at radius 3 is 2.56 bits per heavy atom. The molecule has 8 nitrogen and oxygen atoms in total. The zero-order valence-corrected chi connectivity index (χ0v) is 10.3. The maximum Gasteiger partial charge on any atom is 0.243 e. The van der Waals surface area contributed by atoms with E-state index in [0.717, 1.165) is 25.9 Å². The molecule has 1 aliphatic heterocycles. The van der Waals surface area contributed by atoms with Crippen LogP contribution in [0.3, 0.4) is 0 Å². The van der Waals surface area contributed by atoms with Crippen LogP contribution in [0, 0.1) is 0 Å². The SMILES string of the molecule is NNc1nc(NCCCO)nc(N2CCCC2)n1. The third kappa shape index (κ3) is 3.17. The van der Waals surface area contributed by atoms with Gasteiger partial charge in [0.25, 0.3) is 0 Å². The molecule has 0 aliphatic carbocycles.